The molecule has 0 aliphatic carbocycles. The van der Waals surface area contributed by atoms with Crippen LogP contribution in [0.25, 0.3) is 0 Å². The van der Waals surface area contributed by atoms with Gasteiger partial charge in [0.05, 0.1) is 11.9 Å². The lowest BCUT2D eigenvalue weighted by molar-refractivity contribution is -0.140. The normalized spacial score (nSPS) is 14.0. The first-order chi connectivity index (χ1) is 20.5. The molecule has 1 aliphatic rings. The van der Waals surface area contributed by atoms with Gasteiger partial charge in [0.15, 0.2) is 11.5 Å². The third-order valence-electron chi connectivity index (χ3n) is 7.16. The van der Waals surface area contributed by atoms with Gasteiger partial charge in [-0.15, -0.1) is 0 Å². The van der Waals surface area contributed by atoms with Crippen molar-refractivity contribution in [2.24, 2.45) is 0 Å². The van der Waals surface area contributed by atoms with Gasteiger partial charge in [-0.25, -0.2) is 8.42 Å². The summed E-state index contributed by atoms with van der Waals surface area (Å²) in [5.41, 5.74) is 1.49. The highest BCUT2D eigenvalue weighted by atomic mass is 35.5. The third-order valence-corrected chi connectivity index (χ3v) is 9.00. The SMILES string of the molecule is CC[C@H](C)NC(=O)[C@H](Cc1ccccc1)N(Cc1c(Cl)cccc1Cl)C(=O)CN(c1ccc2c(c1)OCCO2)S(C)(=O)=O. The van der Waals surface area contributed by atoms with E-state index in [9.17, 15) is 18.0 Å². The van der Waals surface area contributed by atoms with E-state index in [4.69, 9.17) is 32.7 Å². The average Bonchev–Trinajstić information content (AvgIpc) is 2.98. The Morgan fingerprint density at radius 1 is 0.953 bits per heavy atom. The molecule has 230 valence electrons. The van der Waals surface area contributed by atoms with Crippen molar-refractivity contribution in [3.8, 4) is 11.5 Å². The minimum atomic E-state index is -3.95. The van der Waals surface area contributed by atoms with Gasteiger partial charge in [-0.2, -0.15) is 0 Å². The fourth-order valence-electron chi connectivity index (χ4n) is 4.65. The molecule has 0 saturated carbocycles. The van der Waals surface area contributed by atoms with E-state index in [0.29, 0.717) is 46.7 Å². The smallest absolute Gasteiger partial charge is 0.244 e. The Morgan fingerprint density at radius 3 is 2.23 bits per heavy atom. The van der Waals surface area contributed by atoms with Gasteiger partial charge in [-0.05, 0) is 43.2 Å². The standard InChI is InChI=1S/C31H35Cl2N3O6S/c1-4-21(2)34-31(38)27(17-22-9-6-5-7-10-22)35(19-24-25(32)11-8-12-26(24)33)30(37)20-36(43(3,39)40)23-13-14-28-29(18-23)42-16-15-41-28/h5-14,18,21,27H,4,15-17,19-20H2,1-3H3,(H,34,38)/t21-,27-/m0/s1. The van der Waals surface area contributed by atoms with Crippen molar-refractivity contribution in [1.29, 1.82) is 0 Å². The maximum absolute atomic E-state index is 14.3. The summed E-state index contributed by atoms with van der Waals surface area (Å²) in [4.78, 5) is 29.4. The lowest BCUT2D eigenvalue weighted by Crippen LogP contribution is -2.54. The van der Waals surface area contributed by atoms with Crippen LogP contribution in [0, 0.1) is 0 Å². The number of sulfonamides is 1. The van der Waals surface area contributed by atoms with E-state index in [2.05, 4.69) is 5.32 Å². The Kier molecular flexibility index (Phi) is 10.8. The molecule has 43 heavy (non-hydrogen) atoms. The van der Waals surface area contributed by atoms with Crippen LogP contribution in [0.5, 0.6) is 11.5 Å². The molecule has 1 heterocycles. The number of hydrogen-bond acceptors (Lipinski definition) is 6. The quantitative estimate of drug-likeness (QED) is 0.294. The molecule has 2 atom stereocenters. The zero-order valence-electron chi connectivity index (χ0n) is 24.3. The van der Waals surface area contributed by atoms with Crippen LogP contribution in [0.15, 0.2) is 66.7 Å². The van der Waals surface area contributed by atoms with Crippen LogP contribution >= 0.6 is 23.2 Å². The van der Waals surface area contributed by atoms with E-state index in [0.717, 1.165) is 16.1 Å². The second-order valence-electron chi connectivity index (χ2n) is 10.3. The number of benzene rings is 3. The van der Waals surface area contributed by atoms with E-state index >= 15 is 0 Å². The molecule has 4 rings (SSSR count). The summed E-state index contributed by atoms with van der Waals surface area (Å²) in [7, 11) is -3.95. The first-order valence-corrected chi connectivity index (χ1v) is 16.5. The molecule has 9 nitrogen and oxygen atoms in total. The lowest BCUT2D eigenvalue weighted by atomic mass is 10.0. The van der Waals surface area contributed by atoms with E-state index in [1.54, 1.807) is 30.3 Å². The molecule has 12 heteroatoms. The lowest BCUT2D eigenvalue weighted by Gasteiger charge is -2.34. The molecule has 1 N–H and O–H groups in total. The van der Waals surface area contributed by atoms with Crippen LogP contribution in [0.2, 0.25) is 10.0 Å². The molecule has 0 fully saturated rings. The average molecular weight is 649 g/mol. The Balaban J connectivity index is 1.77. The summed E-state index contributed by atoms with van der Waals surface area (Å²) in [6.07, 6.45) is 1.88. The van der Waals surface area contributed by atoms with Gasteiger partial charge in [-0.1, -0.05) is 66.5 Å². The van der Waals surface area contributed by atoms with E-state index in [-0.39, 0.29) is 30.6 Å². The zero-order chi connectivity index (χ0) is 31.1. The Labute approximate surface area is 262 Å². The molecule has 0 bridgehead atoms. The van der Waals surface area contributed by atoms with Gasteiger partial charge >= 0.3 is 0 Å². The predicted molar refractivity (Wildman–Crippen MR) is 168 cm³/mol. The number of rotatable bonds is 12. The first-order valence-electron chi connectivity index (χ1n) is 13.9. The van der Waals surface area contributed by atoms with Crippen LogP contribution in [0.1, 0.15) is 31.4 Å². The maximum atomic E-state index is 14.3. The Morgan fingerprint density at radius 2 is 1.60 bits per heavy atom. The van der Waals surface area contributed by atoms with Crippen molar-refractivity contribution in [2.75, 3.05) is 30.3 Å². The van der Waals surface area contributed by atoms with Crippen molar-refractivity contribution < 1.29 is 27.5 Å². The number of hydrogen-bond donors (Lipinski definition) is 1. The number of amides is 2. The minimum absolute atomic E-state index is 0.124. The van der Waals surface area contributed by atoms with Crippen LogP contribution in [0.4, 0.5) is 5.69 Å². The van der Waals surface area contributed by atoms with E-state index in [1.165, 1.54) is 11.0 Å². The van der Waals surface area contributed by atoms with Gasteiger partial charge in [0.1, 0.15) is 25.8 Å². The number of anilines is 1. The second-order valence-corrected chi connectivity index (χ2v) is 13.1. The summed E-state index contributed by atoms with van der Waals surface area (Å²) in [6.45, 7) is 3.81. The number of ether oxygens (including phenoxy) is 2. The third kappa shape index (κ3) is 8.34. The Hall–Kier alpha value is -3.47. The molecule has 0 unspecified atom stereocenters. The van der Waals surface area contributed by atoms with Gasteiger partial charge in [0.25, 0.3) is 0 Å². The van der Waals surface area contributed by atoms with Gasteiger partial charge < -0.3 is 19.7 Å². The fraction of sp³-hybridized carbons (Fsp3) is 0.355. The molecular formula is C31H35Cl2N3O6S. The molecule has 0 radical (unpaired) electrons. The summed E-state index contributed by atoms with van der Waals surface area (Å²) in [5.74, 6) is -0.134. The first kappa shape index (κ1) is 32.4. The fourth-order valence-corrected chi connectivity index (χ4v) is 6.01. The molecule has 0 aromatic heterocycles. The number of halogens is 2. The van der Waals surface area contributed by atoms with E-state index in [1.807, 2.05) is 44.2 Å². The summed E-state index contributed by atoms with van der Waals surface area (Å²) in [5, 5.41) is 3.62. The highest BCUT2D eigenvalue weighted by molar-refractivity contribution is 7.92. The van der Waals surface area contributed by atoms with Crippen LogP contribution < -0.4 is 19.1 Å². The zero-order valence-corrected chi connectivity index (χ0v) is 26.6. The predicted octanol–water partition coefficient (Wildman–Crippen LogP) is 5.09. The topological polar surface area (TPSA) is 105 Å². The Bertz CT molecular complexity index is 1530. The summed E-state index contributed by atoms with van der Waals surface area (Å²) < 4.78 is 38.3. The molecule has 3 aromatic carbocycles. The van der Waals surface area contributed by atoms with Crippen molar-refractivity contribution in [3.63, 3.8) is 0 Å². The largest absolute Gasteiger partial charge is 0.486 e. The molecule has 1 aliphatic heterocycles. The van der Waals surface area contributed by atoms with Gasteiger partial charge in [0, 0.05) is 40.7 Å². The van der Waals surface area contributed by atoms with Gasteiger partial charge in [-0.3, -0.25) is 13.9 Å². The van der Waals surface area contributed by atoms with Crippen LogP contribution in [-0.4, -0.2) is 63.2 Å². The van der Waals surface area contributed by atoms with E-state index < -0.39 is 28.5 Å². The number of carbonyl (C=O) groups excluding carboxylic acids is 2. The molecular weight excluding hydrogens is 613 g/mol. The monoisotopic (exact) mass is 647 g/mol. The number of nitrogens with zero attached hydrogens (tertiary/aromatic N) is 2. The molecule has 3 aromatic rings. The second kappa shape index (κ2) is 14.3. The van der Waals surface area contributed by atoms with Crippen molar-refractivity contribution in [1.82, 2.24) is 10.2 Å². The molecule has 0 saturated heterocycles. The number of nitrogens with one attached hydrogen (secondary N) is 1. The van der Waals surface area contributed by atoms with Crippen molar-refractivity contribution in [3.05, 3.63) is 87.9 Å². The van der Waals surface area contributed by atoms with Crippen LogP contribution in [0.3, 0.4) is 0 Å². The van der Waals surface area contributed by atoms with Crippen molar-refractivity contribution in [2.45, 2.75) is 45.3 Å². The van der Waals surface area contributed by atoms with Crippen molar-refractivity contribution >= 4 is 50.7 Å². The number of fused-ring (bicyclic) bond motifs is 1. The van der Waals surface area contributed by atoms with Gasteiger partial charge in [0.2, 0.25) is 21.8 Å². The highest BCUT2D eigenvalue weighted by Crippen LogP contribution is 2.35. The highest BCUT2D eigenvalue weighted by Gasteiger charge is 2.34. The maximum Gasteiger partial charge on any atom is 0.244 e. The van der Waals surface area contributed by atoms with Crippen LogP contribution in [-0.2, 0) is 32.6 Å². The molecule has 2 amide bonds. The summed E-state index contributed by atoms with van der Waals surface area (Å²) >= 11 is 13.0. The minimum Gasteiger partial charge on any atom is -0.486 e. The number of carbonyl (C=O) groups is 2. The summed E-state index contributed by atoms with van der Waals surface area (Å²) in [6, 6.07) is 17.8. The molecule has 0 spiro atoms.